The third kappa shape index (κ3) is 4.40. The third-order valence-electron chi connectivity index (χ3n) is 2.50. The lowest BCUT2D eigenvalue weighted by Gasteiger charge is -2.18. The summed E-state index contributed by atoms with van der Waals surface area (Å²) in [6, 6.07) is 4.31. The van der Waals surface area contributed by atoms with E-state index in [1.54, 1.807) is 18.9 Å². The zero-order valence-corrected chi connectivity index (χ0v) is 11.5. The fourth-order valence-corrected chi connectivity index (χ4v) is 1.74. The van der Waals surface area contributed by atoms with E-state index in [4.69, 9.17) is 16.3 Å². The molecule has 0 saturated heterocycles. The number of benzene rings is 1. The van der Waals surface area contributed by atoms with E-state index >= 15 is 0 Å². The Balaban J connectivity index is 2.80. The molecule has 0 aliphatic rings. The van der Waals surface area contributed by atoms with Crippen LogP contribution < -0.4 is 4.90 Å². The number of hydrogen-bond donors (Lipinski definition) is 0. The summed E-state index contributed by atoms with van der Waals surface area (Å²) >= 11 is 5.84. The monoisotopic (exact) mass is 286 g/mol. The largest absolute Gasteiger partial charge is 0.466 e. The van der Waals surface area contributed by atoms with Crippen molar-refractivity contribution < 1.29 is 14.5 Å². The van der Waals surface area contributed by atoms with Gasteiger partial charge in [-0.2, -0.15) is 0 Å². The molecule has 0 heterocycles. The second-order valence-electron chi connectivity index (χ2n) is 3.87. The van der Waals surface area contributed by atoms with Gasteiger partial charge in [0.05, 0.1) is 18.0 Å². The van der Waals surface area contributed by atoms with E-state index in [0.29, 0.717) is 23.9 Å². The molecule has 0 radical (unpaired) electrons. The zero-order chi connectivity index (χ0) is 14.4. The molecular weight excluding hydrogens is 272 g/mol. The van der Waals surface area contributed by atoms with Crippen LogP contribution in [-0.2, 0) is 9.53 Å². The van der Waals surface area contributed by atoms with E-state index in [0.717, 1.165) is 0 Å². The molecule has 104 valence electrons. The number of carbonyl (C=O) groups excluding carboxylic acids is 1. The zero-order valence-electron chi connectivity index (χ0n) is 10.8. The second kappa shape index (κ2) is 6.94. The number of hydrogen-bond acceptors (Lipinski definition) is 5. The van der Waals surface area contributed by atoms with Gasteiger partial charge >= 0.3 is 5.97 Å². The fourth-order valence-electron chi connectivity index (χ4n) is 1.57. The van der Waals surface area contributed by atoms with Gasteiger partial charge in [-0.05, 0) is 19.1 Å². The lowest BCUT2D eigenvalue weighted by molar-refractivity contribution is -0.384. The molecule has 0 aliphatic carbocycles. The Bertz CT molecular complexity index is 479. The van der Waals surface area contributed by atoms with Crippen molar-refractivity contribution in [2.45, 2.75) is 13.3 Å². The Kier molecular flexibility index (Phi) is 5.57. The van der Waals surface area contributed by atoms with Crippen LogP contribution in [0.3, 0.4) is 0 Å². The van der Waals surface area contributed by atoms with Gasteiger partial charge in [0.15, 0.2) is 0 Å². The number of esters is 1. The van der Waals surface area contributed by atoms with Crippen LogP contribution in [0, 0.1) is 10.1 Å². The molecule has 6 nitrogen and oxygen atoms in total. The molecule has 19 heavy (non-hydrogen) atoms. The van der Waals surface area contributed by atoms with Crippen LogP contribution in [-0.4, -0.2) is 31.1 Å². The minimum Gasteiger partial charge on any atom is -0.466 e. The molecule has 7 heteroatoms. The standard InChI is InChI=1S/C12H15ClN2O4/c1-3-19-12(16)6-7-14(2)11-8-9(13)4-5-10(11)15(17)18/h4-5,8H,3,6-7H2,1-2H3. The van der Waals surface area contributed by atoms with Gasteiger partial charge in [0, 0.05) is 24.7 Å². The summed E-state index contributed by atoms with van der Waals surface area (Å²) in [6.45, 7) is 2.36. The van der Waals surface area contributed by atoms with E-state index in [-0.39, 0.29) is 18.1 Å². The van der Waals surface area contributed by atoms with Gasteiger partial charge in [-0.25, -0.2) is 0 Å². The second-order valence-corrected chi connectivity index (χ2v) is 4.30. The van der Waals surface area contributed by atoms with Crippen molar-refractivity contribution in [3.05, 3.63) is 33.3 Å². The van der Waals surface area contributed by atoms with Crippen LogP contribution in [0.25, 0.3) is 0 Å². The molecule has 0 aliphatic heterocycles. The average Bonchev–Trinajstić information content (AvgIpc) is 2.35. The summed E-state index contributed by atoms with van der Waals surface area (Å²) in [5, 5.41) is 11.3. The number of rotatable bonds is 6. The van der Waals surface area contributed by atoms with Crippen molar-refractivity contribution in [2.24, 2.45) is 0 Å². The van der Waals surface area contributed by atoms with Crippen molar-refractivity contribution in [2.75, 3.05) is 25.1 Å². The van der Waals surface area contributed by atoms with Crippen LogP contribution in [0.15, 0.2) is 18.2 Å². The van der Waals surface area contributed by atoms with Crippen LogP contribution in [0.5, 0.6) is 0 Å². The fraction of sp³-hybridized carbons (Fsp3) is 0.417. The minimum absolute atomic E-state index is 0.0456. The highest BCUT2D eigenvalue weighted by atomic mass is 35.5. The Morgan fingerprint density at radius 2 is 2.21 bits per heavy atom. The highest BCUT2D eigenvalue weighted by Gasteiger charge is 2.18. The molecule has 0 saturated carbocycles. The van der Waals surface area contributed by atoms with E-state index in [1.807, 2.05) is 0 Å². The van der Waals surface area contributed by atoms with E-state index in [9.17, 15) is 14.9 Å². The number of nitrogens with zero attached hydrogens (tertiary/aromatic N) is 2. The predicted molar refractivity (Wildman–Crippen MR) is 72.6 cm³/mol. The Labute approximate surface area is 116 Å². The van der Waals surface area contributed by atoms with E-state index < -0.39 is 4.92 Å². The van der Waals surface area contributed by atoms with Crippen molar-refractivity contribution in [3.63, 3.8) is 0 Å². The summed E-state index contributed by atoms with van der Waals surface area (Å²) < 4.78 is 4.80. The van der Waals surface area contributed by atoms with Crippen LogP contribution in [0.4, 0.5) is 11.4 Å². The van der Waals surface area contributed by atoms with Crippen molar-refractivity contribution in [1.82, 2.24) is 0 Å². The maximum absolute atomic E-state index is 11.3. The SMILES string of the molecule is CCOC(=O)CCN(C)c1cc(Cl)ccc1[N+](=O)[O-]. The minimum atomic E-state index is -0.480. The van der Waals surface area contributed by atoms with Crippen molar-refractivity contribution >= 4 is 28.9 Å². The molecular formula is C12H15ClN2O4. The molecule has 0 spiro atoms. The lowest BCUT2D eigenvalue weighted by atomic mass is 10.2. The van der Waals surface area contributed by atoms with Gasteiger partial charge in [-0.15, -0.1) is 0 Å². The molecule has 1 rings (SSSR count). The Morgan fingerprint density at radius 3 is 2.79 bits per heavy atom. The summed E-state index contributed by atoms with van der Waals surface area (Å²) in [5.74, 6) is -0.334. The van der Waals surface area contributed by atoms with Crippen molar-refractivity contribution in [3.8, 4) is 0 Å². The number of nitro benzene ring substituents is 1. The van der Waals surface area contributed by atoms with Gasteiger partial charge in [-0.1, -0.05) is 11.6 Å². The summed E-state index contributed by atoms with van der Waals surface area (Å²) in [6.07, 6.45) is 0.161. The molecule has 0 atom stereocenters. The first-order valence-corrected chi connectivity index (χ1v) is 6.14. The normalized spacial score (nSPS) is 10.1. The summed E-state index contributed by atoms with van der Waals surface area (Å²) in [4.78, 5) is 23.3. The van der Waals surface area contributed by atoms with Gasteiger partial charge in [0.25, 0.3) is 5.69 Å². The first kappa shape index (κ1) is 15.2. The highest BCUT2D eigenvalue weighted by Crippen LogP contribution is 2.30. The van der Waals surface area contributed by atoms with E-state index in [1.165, 1.54) is 18.2 Å². The molecule has 1 aromatic rings. The number of nitro groups is 1. The number of ether oxygens (including phenoxy) is 1. The van der Waals surface area contributed by atoms with Crippen LogP contribution in [0.2, 0.25) is 5.02 Å². The summed E-state index contributed by atoms with van der Waals surface area (Å²) in [5.41, 5.74) is 0.331. The molecule has 0 aromatic heterocycles. The predicted octanol–water partition coefficient (Wildman–Crippen LogP) is 2.64. The van der Waals surface area contributed by atoms with Gasteiger partial charge < -0.3 is 9.64 Å². The number of anilines is 1. The number of carbonyl (C=O) groups is 1. The molecule has 0 fully saturated rings. The maximum atomic E-state index is 11.3. The topological polar surface area (TPSA) is 72.7 Å². The average molecular weight is 287 g/mol. The first-order chi connectivity index (χ1) is 8.95. The highest BCUT2D eigenvalue weighted by molar-refractivity contribution is 6.31. The van der Waals surface area contributed by atoms with Gasteiger partial charge in [0.1, 0.15) is 5.69 Å². The first-order valence-electron chi connectivity index (χ1n) is 5.76. The molecule has 1 aromatic carbocycles. The quantitative estimate of drug-likeness (QED) is 0.457. The third-order valence-corrected chi connectivity index (χ3v) is 2.74. The molecule has 0 amide bonds. The smallest absolute Gasteiger partial charge is 0.307 e. The molecule has 0 bridgehead atoms. The van der Waals surface area contributed by atoms with Crippen LogP contribution in [0.1, 0.15) is 13.3 Å². The van der Waals surface area contributed by atoms with E-state index in [2.05, 4.69) is 0 Å². The van der Waals surface area contributed by atoms with Gasteiger partial charge in [0.2, 0.25) is 0 Å². The Hall–Kier alpha value is -1.82. The lowest BCUT2D eigenvalue weighted by Crippen LogP contribution is -2.22. The molecule has 0 N–H and O–H groups in total. The van der Waals surface area contributed by atoms with Crippen LogP contribution >= 0.6 is 11.6 Å². The van der Waals surface area contributed by atoms with Crippen molar-refractivity contribution in [1.29, 1.82) is 0 Å². The Morgan fingerprint density at radius 1 is 1.53 bits per heavy atom. The number of halogens is 1. The summed E-state index contributed by atoms with van der Waals surface area (Å²) in [7, 11) is 1.66. The van der Waals surface area contributed by atoms with Gasteiger partial charge in [-0.3, -0.25) is 14.9 Å². The maximum Gasteiger partial charge on any atom is 0.307 e. The molecule has 0 unspecified atom stereocenters.